The minimum Gasteiger partial charge on any atom is -0.0870 e. The number of hydrogen-bond donors (Lipinski definition) is 0. The average molecular weight is 300 g/mol. The van der Waals surface area contributed by atoms with Gasteiger partial charge in [0.15, 0.2) is 0 Å². The van der Waals surface area contributed by atoms with E-state index in [1.165, 1.54) is 32.7 Å². The van der Waals surface area contributed by atoms with Gasteiger partial charge in [0.05, 0.1) is 0 Å². The molecular formula is C23H24. The van der Waals surface area contributed by atoms with Gasteiger partial charge in [-0.1, -0.05) is 72.9 Å². The molecule has 0 spiro atoms. The fraction of sp³-hybridized carbons (Fsp3) is 0.217. The first kappa shape index (κ1) is 15.6. The number of allylic oxidation sites excluding steroid dienone is 10. The Balaban J connectivity index is 2.39. The normalized spacial score (nSPS) is 19.7. The average Bonchev–Trinajstić information content (AvgIpc) is 2.82. The van der Waals surface area contributed by atoms with Gasteiger partial charge in [-0.05, 0) is 65.8 Å². The lowest BCUT2D eigenvalue weighted by molar-refractivity contribution is 0.959. The van der Waals surface area contributed by atoms with Crippen LogP contribution < -0.4 is 10.4 Å². The summed E-state index contributed by atoms with van der Waals surface area (Å²) in [7, 11) is 0. The van der Waals surface area contributed by atoms with Crippen molar-refractivity contribution in [1.82, 2.24) is 0 Å². The van der Waals surface area contributed by atoms with E-state index in [9.17, 15) is 0 Å². The van der Waals surface area contributed by atoms with E-state index in [4.69, 9.17) is 0 Å². The maximum absolute atomic E-state index is 2.38. The van der Waals surface area contributed by atoms with Crippen LogP contribution in [0.5, 0.6) is 0 Å². The zero-order valence-corrected chi connectivity index (χ0v) is 14.0. The fourth-order valence-corrected chi connectivity index (χ4v) is 3.36. The van der Waals surface area contributed by atoms with Crippen LogP contribution in [0.15, 0.2) is 83.5 Å². The summed E-state index contributed by atoms with van der Waals surface area (Å²) in [5.41, 5.74) is 5.54. The predicted molar refractivity (Wildman–Crippen MR) is 101 cm³/mol. The first-order valence-electron chi connectivity index (χ1n) is 8.50. The minimum atomic E-state index is 1.03. The molecule has 0 fully saturated rings. The van der Waals surface area contributed by atoms with Crippen molar-refractivity contribution in [3.05, 3.63) is 94.0 Å². The highest BCUT2D eigenvalue weighted by molar-refractivity contribution is 5.80. The van der Waals surface area contributed by atoms with Gasteiger partial charge >= 0.3 is 0 Å². The monoisotopic (exact) mass is 300 g/mol. The van der Waals surface area contributed by atoms with E-state index in [-0.39, 0.29) is 0 Å². The number of hydrogen-bond acceptors (Lipinski definition) is 0. The molecule has 0 nitrogen and oxygen atoms in total. The molecule has 0 atom stereocenters. The summed E-state index contributed by atoms with van der Waals surface area (Å²) in [5, 5.41) is 2.59. The van der Waals surface area contributed by atoms with Gasteiger partial charge in [-0.15, -0.1) is 0 Å². The summed E-state index contributed by atoms with van der Waals surface area (Å²) in [5.74, 6) is 0. The van der Waals surface area contributed by atoms with E-state index in [0.717, 1.165) is 19.3 Å². The highest BCUT2D eigenvalue weighted by atomic mass is 14.2. The van der Waals surface area contributed by atoms with Crippen molar-refractivity contribution in [3.63, 3.8) is 0 Å². The molecule has 2 aliphatic carbocycles. The van der Waals surface area contributed by atoms with Gasteiger partial charge in [0, 0.05) is 0 Å². The van der Waals surface area contributed by atoms with E-state index < -0.39 is 0 Å². The Labute approximate surface area is 139 Å². The van der Waals surface area contributed by atoms with Crippen molar-refractivity contribution in [2.24, 2.45) is 0 Å². The van der Waals surface area contributed by atoms with Gasteiger partial charge in [0.2, 0.25) is 0 Å². The van der Waals surface area contributed by atoms with Crippen LogP contribution in [-0.4, -0.2) is 0 Å². The minimum absolute atomic E-state index is 1.03. The van der Waals surface area contributed by atoms with Crippen molar-refractivity contribution < 1.29 is 0 Å². The summed E-state index contributed by atoms with van der Waals surface area (Å²) in [6, 6.07) is 8.66. The summed E-state index contributed by atoms with van der Waals surface area (Å²) >= 11 is 0. The van der Waals surface area contributed by atoms with Gasteiger partial charge in [0.1, 0.15) is 0 Å². The SMILES string of the molecule is C\C=C/C(C1=C2C=CCCC2=CCC=C1)=c1/cccc/c1=C/C. The van der Waals surface area contributed by atoms with Crippen LogP contribution in [0.1, 0.15) is 33.1 Å². The lowest BCUT2D eigenvalue weighted by atomic mass is 9.88. The van der Waals surface area contributed by atoms with E-state index in [1.807, 2.05) is 0 Å². The number of rotatable bonds is 2. The quantitative estimate of drug-likeness (QED) is 0.739. The molecule has 0 saturated carbocycles. The van der Waals surface area contributed by atoms with Crippen LogP contribution >= 0.6 is 0 Å². The van der Waals surface area contributed by atoms with Crippen molar-refractivity contribution in [3.8, 4) is 0 Å². The maximum Gasteiger partial charge on any atom is -0.0103 e. The Morgan fingerprint density at radius 1 is 1.04 bits per heavy atom. The third kappa shape index (κ3) is 3.22. The van der Waals surface area contributed by atoms with Crippen LogP contribution in [0.4, 0.5) is 0 Å². The van der Waals surface area contributed by atoms with Crippen LogP contribution in [0.3, 0.4) is 0 Å². The zero-order chi connectivity index (χ0) is 16.1. The Morgan fingerprint density at radius 2 is 1.91 bits per heavy atom. The van der Waals surface area contributed by atoms with E-state index in [1.54, 1.807) is 0 Å². The number of fused-ring (bicyclic) bond motifs is 1. The molecule has 2 aliphatic rings. The first-order valence-corrected chi connectivity index (χ1v) is 8.50. The molecule has 0 heterocycles. The standard InChI is InChI=1S/C23H24/c1-3-11-22(20-15-8-5-12-18(20)4-2)23-17-10-7-14-19-13-6-9-16-21(19)23/h3-5,8-12,14-17H,6-7,13H2,1-2H3/b11-3-,18-4-,22-20+. The largest absolute Gasteiger partial charge is 0.0870 e. The molecule has 1 aromatic carbocycles. The fourth-order valence-electron chi connectivity index (χ4n) is 3.36. The summed E-state index contributed by atoms with van der Waals surface area (Å²) in [4.78, 5) is 0. The summed E-state index contributed by atoms with van der Waals surface area (Å²) < 4.78 is 0. The third-order valence-corrected chi connectivity index (χ3v) is 4.47. The molecule has 0 radical (unpaired) electrons. The molecule has 0 unspecified atom stereocenters. The first-order chi connectivity index (χ1) is 11.3. The number of benzene rings is 1. The molecule has 0 aromatic heterocycles. The second kappa shape index (κ2) is 7.28. The van der Waals surface area contributed by atoms with E-state index >= 15 is 0 Å². The smallest absolute Gasteiger partial charge is 0.0103 e. The van der Waals surface area contributed by atoms with Gasteiger partial charge in [-0.25, -0.2) is 0 Å². The second-order valence-corrected chi connectivity index (χ2v) is 5.93. The van der Waals surface area contributed by atoms with Crippen molar-refractivity contribution in [2.45, 2.75) is 33.1 Å². The highest BCUT2D eigenvalue weighted by Gasteiger charge is 2.15. The molecule has 0 N–H and O–H groups in total. The maximum atomic E-state index is 2.38. The van der Waals surface area contributed by atoms with E-state index in [2.05, 4.69) is 86.7 Å². The van der Waals surface area contributed by atoms with Crippen LogP contribution in [0.25, 0.3) is 11.6 Å². The second-order valence-electron chi connectivity index (χ2n) is 5.93. The zero-order valence-electron chi connectivity index (χ0n) is 14.0. The van der Waals surface area contributed by atoms with E-state index in [0.29, 0.717) is 0 Å². The Kier molecular flexibility index (Phi) is 4.92. The molecule has 23 heavy (non-hydrogen) atoms. The van der Waals surface area contributed by atoms with Crippen LogP contribution in [0.2, 0.25) is 0 Å². The Morgan fingerprint density at radius 3 is 2.74 bits per heavy atom. The lowest BCUT2D eigenvalue weighted by Gasteiger charge is -2.17. The van der Waals surface area contributed by atoms with Gasteiger partial charge in [-0.2, -0.15) is 0 Å². The Hall–Kier alpha value is -2.34. The van der Waals surface area contributed by atoms with Crippen molar-refractivity contribution >= 4 is 11.6 Å². The summed E-state index contributed by atoms with van der Waals surface area (Å²) in [6.45, 7) is 4.20. The molecule has 1 aromatic rings. The van der Waals surface area contributed by atoms with Gasteiger partial charge in [-0.3, -0.25) is 0 Å². The van der Waals surface area contributed by atoms with Crippen LogP contribution in [-0.2, 0) is 0 Å². The van der Waals surface area contributed by atoms with Crippen molar-refractivity contribution in [2.75, 3.05) is 0 Å². The van der Waals surface area contributed by atoms with Crippen molar-refractivity contribution in [1.29, 1.82) is 0 Å². The van der Waals surface area contributed by atoms with Gasteiger partial charge < -0.3 is 0 Å². The lowest BCUT2D eigenvalue weighted by Crippen LogP contribution is -2.26. The molecular weight excluding hydrogens is 276 g/mol. The molecule has 0 amide bonds. The predicted octanol–water partition coefficient (Wildman–Crippen LogP) is 4.75. The molecule has 116 valence electrons. The topological polar surface area (TPSA) is 0 Å². The molecule has 0 bridgehead atoms. The molecule has 3 rings (SSSR count). The Bertz CT molecular complexity index is 852. The highest BCUT2D eigenvalue weighted by Crippen LogP contribution is 2.32. The molecule has 0 saturated heterocycles. The van der Waals surface area contributed by atoms with Gasteiger partial charge in [0.25, 0.3) is 0 Å². The molecule has 0 heteroatoms. The molecule has 0 aliphatic heterocycles. The third-order valence-electron chi connectivity index (χ3n) is 4.47. The summed E-state index contributed by atoms with van der Waals surface area (Å²) in [6.07, 6.45) is 21.5. The van der Waals surface area contributed by atoms with Crippen LogP contribution in [0, 0.1) is 0 Å².